The molecule has 0 bridgehead atoms. The third-order valence-electron chi connectivity index (χ3n) is 3.25. The molecule has 1 heterocycles. The first-order chi connectivity index (χ1) is 10.1. The maximum atomic E-state index is 12.2. The van der Waals surface area contributed by atoms with Crippen LogP contribution in [-0.2, 0) is 6.42 Å². The van der Waals surface area contributed by atoms with Crippen LogP contribution in [0, 0.1) is 6.92 Å². The summed E-state index contributed by atoms with van der Waals surface area (Å²) < 4.78 is 10.6. The number of hydrogen-bond acceptors (Lipinski definition) is 5. The molecule has 112 valence electrons. The number of H-pyrrole nitrogens is 1. The fourth-order valence-corrected chi connectivity index (χ4v) is 2.52. The Bertz CT molecular complexity index is 698. The fourth-order valence-electron chi connectivity index (χ4n) is 2.10. The van der Waals surface area contributed by atoms with Gasteiger partial charge in [0, 0.05) is 23.2 Å². The molecule has 0 fully saturated rings. The summed E-state index contributed by atoms with van der Waals surface area (Å²) >= 11 is 1.41. The van der Waals surface area contributed by atoms with Crippen molar-refractivity contribution in [2.45, 2.75) is 18.5 Å². The zero-order chi connectivity index (χ0) is 15.4. The molecule has 1 aromatic heterocycles. The Hall–Kier alpha value is -1.95. The highest BCUT2D eigenvalue weighted by atomic mass is 32.2. The lowest BCUT2D eigenvalue weighted by Crippen LogP contribution is -2.17. The quantitative estimate of drug-likeness (QED) is 0.679. The third-order valence-corrected chi connectivity index (χ3v) is 3.83. The zero-order valence-electron chi connectivity index (χ0n) is 12.5. The molecule has 2 aromatic rings. The van der Waals surface area contributed by atoms with Crippen LogP contribution in [0.4, 0.5) is 0 Å². The van der Waals surface area contributed by atoms with E-state index in [1.54, 1.807) is 14.2 Å². The Morgan fingerprint density at radius 1 is 1.29 bits per heavy atom. The van der Waals surface area contributed by atoms with Gasteiger partial charge in [0.25, 0.3) is 5.56 Å². The van der Waals surface area contributed by atoms with Crippen molar-refractivity contribution in [2.75, 3.05) is 20.5 Å². The highest BCUT2D eigenvalue weighted by Crippen LogP contribution is 2.26. The number of ether oxygens (including phenoxy) is 2. The highest BCUT2D eigenvalue weighted by molar-refractivity contribution is 7.98. The van der Waals surface area contributed by atoms with Gasteiger partial charge in [0.2, 0.25) is 0 Å². The molecule has 1 aromatic carbocycles. The lowest BCUT2D eigenvalue weighted by atomic mass is 10.0. The molecule has 0 radical (unpaired) electrons. The predicted octanol–water partition coefficient (Wildman–Crippen LogP) is 2.41. The molecule has 0 saturated heterocycles. The molecular formula is C15H18N2O3S. The van der Waals surface area contributed by atoms with Crippen LogP contribution >= 0.6 is 11.8 Å². The summed E-state index contributed by atoms with van der Waals surface area (Å²) in [6.45, 7) is 1.84. The van der Waals surface area contributed by atoms with Crippen molar-refractivity contribution in [3.05, 3.63) is 45.4 Å². The van der Waals surface area contributed by atoms with E-state index in [0.717, 1.165) is 22.8 Å². The minimum absolute atomic E-state index is 0.114. The second-order valence-corrected chi connectivity index (χ2v) is 5.29. The summed E-state index contributed by atoms with van der Waals surface area (Å²) in [6, 6.07) is 5.54. The molecule has 0 amide bonds. The van der Waals surface area contributed by atoms with Gasteiger partial charge in [-0.2, -0.15) is 0 Å². The maximum Gasteiger partial charge on any atom is 0.255 e. The van der Waals surface area contributed by atoms with Gasteiger partial charge >= 0.3 is 0 Å². The van der Waals surface area contributed by atoms with E-state index in [1.807, 2.05) is 31.4 Å². The molecule has 0 atom stereocenters. The first-order valence-corrected chi connectivity index (χ1v) is 7.66. The van der Waals surface area contributed by atoms with Crippen LogP contribution in [0.15, 0.2) is 28.2 Å². The van der Waals surface area contributed by atoms with E-state index < -0.39 is 0 Å². The van der Waals surface area contributed by atoms with Gasteiger partial charge in [-0.05, 0) is 31.4 Å². The monoisotopic (exact) mass is 306 g/mol. The summed E-state index contributed by atoms with van der Waals surface area (Å²) in [7, 11) is 3.22. The van der Waals surface area contributed by atoms with Crippen LogP contribution in [0.1, 0.15) is 16.8 Å². The molecule has 0 aliphatic heterocycles. The van der Waals surface area contributed by atoms with Crippen LogP contribution in [0.3, 0.4) is 0 Å². The van der Waals surface area contributed by atoms with E-state index in [2.05, 4.69) is 9.97 Å². The largest absolute Gasteiger partial charge is 0.497 e. The molecule has 5 nitrogen and oxygen atoms in total. The number of nitrogens with one attached hydrogen (secondary N) is 1. The van der Waals surface area contributed by atoms with Gasteiger partial charge in [-0.3, -0.25) is 4.79 Å². The molecular weight excluding hydrogens is 288 g/mol. The Morgan fingerprint density at radius 3 is 2.62 bits per heavy atom. The van der Waals surface area contributed by atoms with E-state index >= 15 is 0 Å². The smallest absolute Gasteiger partial charge is 0.255 e. The first-order valence-electron chi connectivity index (χ1n) is 6.43. The summed E-state index contributed by atoms with van der Waals surface area (Å²) in [5, 5.41) is 0.624. The molecule has 0 unspecified atom stereocenters. The molecule has 21 heavy (non-hydrogen) atoms. The average Bonchev–Trinajstić information content (AvgIpc) is 2.50. The summed E-state index contributed by atoms with van der Waals surface area (Å²) in [4.78, 5) is 19.4. The minimum atomic E-state index is -0.114. The van der Waals surface area contributed by atoms with Crippen LogP contribution < -0.4 is 15.0 Å². The number of benzene rings is 1. The summed E-state index contributed by atoms with van der Waals surface area (Å²) in [5.74, 6) is 1.46. The van der Waals surface area contributed by atoms with Gasteiger partial charge < -0.3 is 14.5 Å². The lowest BCUT2D eigenvalue weighted by molar-refractivity contribution is 0.399. The number of aromatic nitrogens is 2. The van der Waals surface area contributed by atoms with E-state index in [-0.39, 0.29) is 5.56 Å². The summed E-state index contributed by atoms with van der Waals surface area (Å²) in [5.41, 5.74) is 2.15. The Balaban J connectivity index is 2.45. The fraction of sp³-hybridized carbons (Fsp3) is 0.333. The Morgan fingerprint density at radius 2 is 2.05 bits per heavy atom. The van der Waals surface area contributed by atoms with Crippen molar-refractivity contribution in [1.82, 2.24) is 9.97 Å². The first kappa shape index (κ1) is 15.4. The van der Waals surface area contributed by atoms with Crippen molar-refractivity contribution < 1.29 is 9.47 Å². The normalized spacial score (nSPS) is 10.5. The molecule has 6 heteroatoms. The number of methoxy groups -OCH3 is 2. The lowest BCUT2D eigenvalue weighted by Gasteiger charge is -2.11. The second kappa shape index (κ2) is 6.67. The molecule has 0 aliphatic rings. The minimum Gasteiger partial charge on any atom is -0.497 e. The van der Waals surface area contributed by atoms with Gasteiger partial charge in [0.05, 0.1) is 14.2 Å². The number of thioether (sulfide) groups is 1. The molecule has 0 aliphatic carbocycles. The van der Waals surface area contributed by atoms with Gasteiger partial charge in [-0.15, -0.1) is 0 Å². The number of rotatable bonds is 5. The highest BCUT2D eigenvalue weighted by Gasteiger charge is 2.12. The zero-order valence-corrected chi connectivity index (χ0v) is 13.3. The van der Waals surface area contributed by atoms with Crippen molar-refractivity contribution in [1.29, 1.82) is 0 Å². The average molecular weight is 306 g/mol. The maximum absolute atomic E-state index is 12.2. The van der Waals surface area contributed by atoms with Crippen LogP contribution in [0.5, 0.6) is 11.5 Å². The van der Waals surface area contributed by atoms with Gasteiger partial charge in [0.15, 0.2) is 5.16 Å². The van der Waals surface area contributed by atoms with Crippen molar-refractivity contribution in [3.63, 3.8) is 0 Å². The van der Waals surface area contributed by atoms with Gasteiger partial charge in [-0.1, -0.05) is 11.8 Å². The Kier molecular flexibility index (Phi) is 4.90. The van der Waals surface area contributed by atoms with Crippen LogP contribution in [0.25, 0.3) is 0 Å². The van der Waals surface area contributed by atoms with E-state index in [4.69, 9.17) is 9.47 Å². The number of aromatic amines is 1. The van der Waals surface area contributed by atoms with Crippen molar-refractivity contribution in [3.8, 4) is 11.5 Å². The van der Waals surface area contributed by atoms with Gasteiger partial charge in [0.1, 0.15) is 11.5 Å². The van der Waals surface area contributed by atoms with E-state index in [9.17, 15) is 4.79 Å². The van der Waals surface area contributed by atoms with E-state index in [0.29, 0.717) is 17.1 Å². The second-order valence-electron chi connectivity index (χ2n) is 4.49. The van der Waals surface area contributed by atoms with Crippen molar-refractivity contribution >= 4 is 11.8 Å². The summed E-state index contributed by atoms with van der Waals surface area (Å²) in [6.07, 6.45) is 2.33. The SMILES string of the molecule is COc1ccc(OC)c(Cc2c(C)nc(SC)[nH]c2=O)c1. The third kappa shape index (κ3) is 3.39. The van der Waals surface area contributed by atoms with Crippen LogP contribution in [-0.4, -0.2) is 30.4 Å². The molecule has 0 spiro atoms. The van der Waals surface area contributed by atoms with Crippen molar-refractivity contribution in [2.24, 2.45) is 0 Å². The molecule has 2 rings (SSSR count). The Labute approximate surface area is 127 Å². The molecule has 1 N–H and O–H groups in total. The molecule has 0 saturated carbocycles. The van der Waals surface area contributed by atoms with Gasteiger partial charge in [-0.25, -0.2) is 4.98 Å². The number of hydrogen-bond donors (Lipinski definition) is 1. The van der Waals surface area contributed by atoms with Crippen LogP contribution in [0.2, 0.25) is 0 Å². The standard InChI is InChI=1S/C15H18N2O3S/c1-9-12(14(18)17-15(16-9)21-4)8-10-7-11(19-2)5-6-13(10)20-3/h5-7H,8H2,1-4H3,(H,16,17,18). The number of nitrogens with zero attached hydrogens (tertiary/aromatic N) is 1. The number of aryl methyl sites for hydroxylation is 1. The predicted molar refractivity (Wildman–Crippen MR) is 83.7 cm³/mol. The van der Waals surface area contributed by atoms with E-state index in [1.165, 1.54) is 11.8 Å². The topological polar surface area (TPSA) is 64.2 Å².